The number of rotatable bonds is 5. The maximum Gasteiger partial charge on any atom is 0.271 e. The van der Waals surface area contributed by atoms with Crippen LogP contribution in [0.2, 0.25) is 0 Å². The third kappa shape index (κ3) is 2.93. The van der Waals surface area contributed by atoms with Crippen LogP contribution in [0.25, 0.3) is 0 Å². The van der Waals surface area contributed by atoms with E-state index in [2.05, 4.69) is 0 Å². The van der Waals surface area contributed by atoms with Gasteiger partial charge in [0.25, 0.3) is 5.69 Å². The maximum atomic E-state index is 10.5. The van der Waals surface area contributed by atoms with Crippen molar-refractivity contribution >= 4 is 5.69 Å². The van der Waals surface area contributed by atoms with Gasteiger partial charge in [0.1, 0.15) is 17.4 Å². The van der Waals surface area contributed by atoms with Crippen molar-refractivity contribution < 1.29 is 9.66 Å². The van der Waals surface area contributed by atoms with Gasteiger partial charge in [-0.25, -0.2) is 0 Å². The number of benzene rings is 1. The Morgan fingerprint density at radius 2 is 2.31 bits per heavy atom. The van der Waals surface area contributed by atoms with E-state index in [1.165, 1.54) is 18.2 Å². The fourth-order valence-corrected chi connectivity index (χ4v) is 1.11. The van der Waals surface area contributed by atoms with Crippen LogP contribution >= 0.6 is 0 Å². The van der Waals surface area contributed by atoms with Crippen molar-refractivity contribution in [3.63, 3.8) is 0 Å². The van der Waals surface area contributed by atoms with Crippen LogP contribution in [-0.2, 0) is 0 Å². The van der Waals surface area contributed by atoms with Gasteiger partial charge in [0.15, 0.2) is 0 Å². The molecule has 0 heterocycles. The van der Waals surface area contributed by atoms with Gasteiger partial charge in [-0.2, -0.15) is 5.26 Å². The summed E-state index contributed by atoms with van der Waals surface area (Å²) in [6.07, 6.45) is 0.669. The van der Waals surface area contributed by atoms with Crippen LogP contribution in [0, 0.1) is 21.4 Å². The minimum absolute atomic E-state index is 0.122. The lowest BCUT2D eigenvalue weighted by Gasteiger charge is -2.06. The molecule has 0 aliphatic heterocycles. The van der Waals surface area contributed by atoms with Gasteiger partial charge >= 0.3 is 0 Å². The molecule has 0 aliphatic rings. The van der Waals surface area contributed by atoms with Gasteiger partial charge in [-0.1, -0.05) is 0 Å². The quantitative estimate of drug-likeness (QED) is 0.457. The summed E-state index contributed by atoms with van der Waals surface area (Å²) in [5.41, 5.74) is 5.33. The van der Waals surface area contributed by atoms with E-state index >= 15 is 0 Å². The van der Waals surface area contributed by atoms with E-state index in [1.807, 2.05) is 6.07 Å². The maximum absolute atomic E-state index is 10.5. The second-order valence-corrected chi connectivity index (χ2v) is 3.04. The first-order valence-corrected chi connectivity index (χ1v) is 4.70. The van der Waals surface area contributed by atoms with Crippen molar-refractivity contribution in [1.82, 2.24) is 0 Å². The molecule has 0 fully saturated rings. The average molecular weight is 221 g/mol. The van der Waals surface area contributed by atoms with Gasteiger partial charge in [-0.15, -0.1) is 0 Å². The molecule has 16 heavy (non-hydrogen) atoms. The van der Waals surface area contributed by atoms with E-state index in [0.29, 0.717) is 25.3 Å². The van der Waals surface area contributed by atoms with Crippen molar-refractivity contribution in [3.8, 4) is 11.8 Å². The summed E-state index contributed by atoms with van der Waals surface area (Å²) in [4.78, 5) is 9.93. The van der Waals surface area contributed by atoms with Crippen molar-refractivity contribution in [2.24, 2.45) is 5.73 Å². The molecule has 0 aliphatic carbocycles. The van der Waals surface area contributed by atoms with Crippen molar-refractivity contribution in [2.75, 3.05) is 13.2 Å². The number of non-ortho nitro benzene ring substituents is 1. The Hall–Kier alpha value is -2.13. The van der Waals surface area contributed by atoms with Gasteiger partial charge < -0.3 is 10.5 Å². The van der Waals surface area contributed by atoms with Gasteiger partial charge in [0.2, 0.25) is 0 Å². The van der Waals surface area contributed by atoms with E-state index in [1.54, 1.807) is 0 Å². The molecule has 0 radical (unpaired) electrons. The first-order valence-electron chi connectivity index (χ1n) is 4.70. The highest BCUT2D eigenvalue weighted by Crippen LogP contribution is 2.23. The number of hydrogen-bond acceptors (Lipinski definition) is 5. The van der Waals surface area contributed by atoms with Gasteiger partial charge in [0.05, 0.1) is 11.5 Å². The van der Waals surface area contributed by atoms with Crippen LogP contribution in [-0.4, -0.2) is 18.1 Å². The number of nitro groups is 1. The highest BCUT2D eigenvalue weighted by Gasteiger charge is 2.11. The van der Waals surface area contributed by atoms with Crippen LogP contribution in [0.4, 0.5) is 5.69 Å². The predicted octanol–water partition coefficient (Wildman–Crippen LogP) is 1.19. The Labute approximate surface area is 92.4 Å². The van der Waals surface area contributed by atoms with Crippen LogP contribution in [0.1, 0.15) is 12.0 Å². The van der Waals surface area contributed by atoms with Crippen LogP contribution < -0.4 is 10.5 Å². The lowest BCUT2D eigenvalue weighted by atomic mass is 10.2. The zero-order chi connectivity index (χ0) is 12.0. The van der Waals surface area contributed by atoms with E-state index in [4.69, 9.17) is 15.7 Å². The van der Waals surface area contributed by atoms with E-state index < -0.39 is 4.92 Å². The highest BCUT2D eigenvalue weighted by atomic mass is 16.6. The van der Waals surface area contributed by atoms with Gasteiger partial charge in [-0.05, 0) is 19.0 Å². The predicted molar refractivity (Wildman–Crippen MR) is 57.0 cm³/mol. The Kier molecular flexibility index (Phi) is 4.24. The largest absolute Gasteiger partial charge is 0.492 e. The molecule has 6 nitrogen and oxygen atoms in total. The topological polar surface area (TPSA) is 102 Å². The standard InChI is InChI=1S/C10H11N3O3/c11-4-1-5-16-10-3-2-9(13(14)15)6-8(10)7-12/h2-3,6H,1,4-5,11H2. The summed E-state index contributed by atoms with van der Waals surface area (Å²) in [6, 6.07) is 5.78. The molecule has 0 aromatic heterocycles. The number of nitro benzene ring substituents is 1. The lowest BCUT2D eigenvalue weighted by molar-refractivity contribution is -0.384. The number of nitrogens with zero attached hydrogens (tertiary/aromatic N) is 2. The lowest BCUT2D eigenvalue weighted by Crippen LogP contribution is -2.06. The van der Waals surface area contributed by atoms with E-state index in [9.17, 15) is 10.1 Å². The minimum Gasteiger partial charge on any atom is -0.492 e. The fourth-order valence-electron chi connectivity index (χ4n) is 1.11. The van der Waals surface area contributed by atoms with Crippen LogP contribution in [0.15, 0.2) is 18.2 Å². The molecule has 0 unspecified atom stereocenters. The first kappa shape index (κ1) is 11.9. The summed E-state index contributed by atoms with van der Waals surface area (Å²) in [5, 5.41) is 19.3. The first-order chi connectivity index (χ1) is 7.69. The third-order valence-electron chi connectivity index (χ3n) is 1.90. The summed E-state index contributed by atoms with van der Waals surface area (Å²) in [6.45, 7) is 0.887. The molecule has 0 atom stereocenters. The fraction of sp³-hybridized carbons (Fsp3) is 0.300. The molecule has 0 spiro atoms. The molecule has 1 aromatic carbocycles. The summed E-state index contributed by atoms with van der Waals surface area (Å²) in [5.74, 6) is 0.349. The second-order valence-electron chi connectivity index (χ2n) is 3.04. The summed E-state index contributed by atoms with van der Waals surface area (Å²) in [7, 11) is 0. The van der Waals surface area contributed by atoms with Crippen LogP contribution in [0.3, 0.4) is 0 Å². The van der Waals surface area contributed by atoms with Gasteiger partial charge in [0, 0.05) is 12.1 Å². The normalized spacial score (nSPS) is 9.50. The molecule has 0 bridgehead atoms. The molecule has 84 valence electrons. The molecule has 0 saturated heterocycles. The zero-order valence-electron chi connectivity index (χ0n) is 8.55. The number of nitrogens with two attached hydrogens (primary N) is 1. The van der Waals surface area contributed by atoms with Crippen molar-refractivity contribution in [2.45, 2.75) is 6.42 Å². The molecule has 0 saturated carbocycles. The Bertz CT molecular complexity index is 426. The average Bonchev–Trinajstić information content (AvgIpc) is 2.29. The smallest absolute Gasteiger partial charge is 0.271 e. The second kappa shape index (κ2) is 5.68. The highest BCUT2D eigenvalue weighted by molar-refractivity contribution is 5.50. The number of nitriles is 1. The Balaban J connectivity index is 2.86. The molecule has 2 N–H and O–H groups in total. The molecular weight excluding hydrogens is 210 g/mol. The molecule has 1 rings (SSSR count). The summed E-state index contributed by atoms with van der Waals surface area (Å²) < 4.78 is 5.28. The zero-order valence-corrected chi connectivity index (χ0v) is 8.55. The SMILES string of the molecule is N#Cc1cc([N+](=O)[O-])ccc1OCCCN. The third-order valence-corrected chi connectivity index (χ3v) is 1.90. The van der Waals surface area contributed by atoms with E-state index in [-0.39, 0.29) is 11.3 Å². The number of hydrogen-bond donors (Lipinski definition) is 1. The van der Waals surface area contributed by atoms with Crippen molar-refractivity contribution in [1.29, 1.82) is 5.26 Å². The monoisotopic (exact) mass is 221 g/mol. The van der Waals surface area contributed by atoms with E-state index in [0.717, 1.165) is 0 Å². The molecule has 6 heteroatoms. The Morgan fingerprint density at radius 3 is 2.88 bits per heavy atom. The minimum atomic E-state index is -0.551. The Morgan fingerprint density at radius 1 is 1.56 bits per heavy atom. The van der Waals surface area contributed by atoms with Gasteiger partial charge in [-0.3, -0.25) is 10.1 Å². The van der Waals surface area contributed by atoms with Crippen molar-refractivity contribution in [3.05, 3.63) is 33.9 Å². The molecule has 1 aromatic rings. The summed E-state index contributed by atoms with van der Waals surface area (Å²) >= 11 is 0. The molecule has 0 amide bonds. The van der Waals surface area contributed by atoms with Crippen LogP contribution in [0.5, 0.6) is 5.75 Å². The number of ether oxygens (including phenoxy) is 1. The molecular formula is C10H11N3O3.